The largest absolute Gasteiger partial charge is 0.197 e. The Kier molecular flexibility index (Phi) is 3.72. The number of hydrogen-bond donors (Lipinski definition) is 0. The molecule has 0 aliphatic heterocycles. The number of nitriles is 1. The van der Waals surface area contributed by atoms with Crippen molar-refractivity contribution in [2.75, 3.05) is 0 Å². The zero-order valence-corrected chi connectivity index (χ0v) is 11.0. The van der Waals surface area contributed by atoms with E-state index in [2.05, 4.69) is 32.2 Å². The highest BCUT2D eigenvalue weighted by atomic mass is 79.9. The lowest BCUT2D eigenvalue weighted by Gasteiger charge is -2.09. The topological polar surface area (TPSA) is 49.6 Å². The summed E-state index contributed by atoms with van der Waals surface area (Å²) in [7, 11) is 0. The quantitative estimate of drug-likeness (QED) is 0.852. The minimum Gasteiger partial charge on any atom is -0.197 e. The molecule has 0 spiro atoms. The number of hydrogen-bond acceptors (Lipinski definition) is 3. The van der Waals surface area contributed by atoms with E-state index in [0.717, 1.165) is 10.0 Å². The van der Waals surface area contributed by atoms with Gasteiger partial charge in [0.1, 0.15) is 5.92 Å². The molecule has 5 heteroatoms. The van der Waals surface area contributed by atoms with Crippen molar-refractivity contribution in [2.45, 2.75) is 5.92 Å². The summed E-state index contributed by atoms with van der Waals surface area (Å²) in [5.74, 6) is -0.449. The van der Waals surface area contributed by atoms with Crippen LogP contribution in [0, 0.1) is 11.3 Å². The van der Waals surface area contributed by atoms with Crippen molar-refractivity contribution in [1.82, 2.24) is 10.2 Å². The Morgan fingerprint density at radius 1 is 1.18 bits per heavy atom. The van der Waals surface area contributed by atoms with Gasteiger partial charge in [-0.1, -0.05) is 45.7 Å². The molecule has 1 atom stereocenters. The Bertz CT molecular complexity index is 563. The van der Waals surface area contributed by atoms with E-state index in [-0.39, 0.29) is 0 Å². The number of benzene rings is 1. The number of halogens is 2. The Balaban J connectivity index is 2.45. The summed E-state index contributed by atoms with van der Waals surface area (Å²) in [5, 5.41) is 17.3. The van der Waals surface area contributed by atoms with Crippen LogP contribution in [0.1, 0.15) is 17.2 Å². The van der Waals surface area contributed by atoms with Gasteiger partial charge in [-0.3, -0.25) is 0 Å². The van der Waals surface area contributed by atoms with Crippen molar-refractivity contribution in [3.8, 4) is 6.07 Å². The molecule has 0 radical (unpaired) electrons. The lowest BCUT2D eigenvalue weighted by molar-refractivity contribution is 0.882. The predicted molar refractivity (Wildman–Crippen MR) is 68.6 cm³/mol. The van der Waals surface area contributed by atoms with E-state index in [1.54, 1.807) is 12.1 Å². The molecule has 3 nitrogen and oxygen atoms in total. The Hall–Kier alpha value is -1.44. The summed E-state index contributed by atoms with van der Waals surface area (Å²) in [5.41, 5.74) is 1.45. The first-order valence-corrected chi connectivity index (χ1v) is 6.02. The Labute approximate surface area is 112 Å². The molecule has 1 unspecified atom stereocenters. The summed E-state index contributed by atoms with van der Waals surface area (Å²) < 4.78 is 0.878. The van der Waals surface area contributed by atoms with Crippen molar-refractivity contribution in [2.24, 2.45) is 0 Å². The second kappa shape index (κ2) is 5.26. The van der Waals surface area contributed by atoms with Crippen LogP contribution in [-0.4, -0.2) is 10.2 Å². The van der Waals surface area contributed by atoms with Crippen molar-refractivity contribution in [3.63, 3.8) is 0 Å². The molecule has 1 aromatic heterocycles. The van der Waals surface area contributed by atoms with Crippen LogP contribution in [0.4, 0.5) is 0 Å². The van der Waals surface area contributed by atoms with Gasteiger partial charge in [0.25, 0.3) is 0 Å². The van der Waals surface area contributed by atoms with Gasteiger partial charge in [0.15, 0.2) is 5.15 Å². The molecule has 0 bridgehead atoms. The minimum atomic E-state index is -0.449. The third kappa shape index (κ3) is 2.63. The van der Waals surface area contributed by atoms with E-state index < -0.39 is 5.92 Å². The number of nitrogens with zero attached hydrogens (tertiary/aromatic N) is 3. The first-order chi connectivity index (χ1) is 8.22. The molecular formula is C12H7BrClN3. The molecule has 0 aliphatic rings. The van der Waals surface area contributed by atoms with Crippen molar-refractivity contribution < 1.29 is 0 Å². The fraction of sp³-hybridized carbons (Fsp3) is 0.0833. The molecule has 0 saturated heterocycles. The normalized spacial score (nSPS) is 11.8. The van der Waals surface area contributed by atoms with Crippen LogP contribution in [0.25, 0.3) is 0 Å². The van der Waals surface area contributed by atoms with E-state index >= 15 is 0 Å². The minimum absolute atomic E-state index is 0.317. The van der Waals surface area contributed by atoms with Gasteiger partial charge in [-0.25, -0.2) is 0 Å². The molecule has 1 heterocycles. The molecular weight excluding hydrogens is 302 g/mol. The summed E-state index contributed by atoms with van der Waals surface area (Å²) in [6.07, 6.45) is 0. The maximum Gasteiger partial charge on any atom is 0.151 e. The maximum atomic E-state index is 9.26. The second-order valence-electron chi connectivity index (χ2n) is 3.36. The third-order valence-electron chi connectivity index (χ3n) is 2.29. The second-order valence-corrected chi connectivity index (χ2v) is 4.61. The zero-order chi connectivity index (χ0) is 12.3. The molecule has 2 aromatic rings. The molecule has 0 saturated carbocycles. The molecule has 84 valence electrons. The number of rotatable bonds is 2. The molecule has 0 N–H and O–H groups in total. The smallest absolute Gasteiger partial charge is 0.151 e. The zero-order valence-electron chi connectivity index (χ0n) is 8.64. The van der Waals surface area contributed by atoms with Gasteiger partial charge < -0.3 is 0 Å². The van der Waals surface area contributed by atoms with Crippen molar-refractivity contribution in [3.05, 3.63) is 57.3 Å². The summed E-state index contributed by atoms with van der Waals surface area (Å²) in [4.78, 5) is 0. The van der Waals surface area contributed by atoms with Crippen LogP contribution in [0.2, 0.25) is 5.15 Å². The highest BCUT2D eigenvalue weighted by Crippen LogP contribution is 2.28. The van der Waals surface area contributed by atoms with E-state index in [9.17, 15) is 5.26 Å². The Morgan fingerprint density at radius 2 is 1.94 bits per heavy atom. The van der Waals surface area contributed by atoms with E-state index in [0.29, 0.717) is 10.8 Å². The van der Waals surface area contributed by atoms with Gasteiger partial charge in [0, 0.05) is 4.47 Å². The standard InChI is InChI=1S/C12H7BrClN3/c13-10-4-2-1-3-8(10)9(7-15)11-5-6-12(14)17-16-11/h1-6,9H. The van der Waals surface area contributed by atoms with Gasteiger partial charge in [-0.05, 0) is 23.8 Å². The fourth-order valence-corrected chi connectivity index (χ4v) is 2.10. The van der Waals surface area contributed by atoms with Crippen molar-refractivity contribution in [1.29, 1.82) is 5.26 Å². The van der Waals surface area contributed by atoms with Crippen LogP contribution in [0.3, 0.4) is 0 Å². The van der Waals surface area contributed by atoms with Gasteiger partial charge in [-0.2, -0.15) is 10.4 Å². The average molecular weight is 309 g/mol. The first-order valence-electron chi connectivity index (χ1n) is 4.85. The van der Waals surface area contributed by atoms with E-state index in [1.165, 1.54) is 0 Å². The average Bonchev–Trinajstić information content (AvgIpc) is 2.35. The van der Waals surface area contributed by atoms with Crippen LogP contribution >= 0.6 is 27.5 Å². The molecule has 0 fully saturated rings. The molecule has 2 rings (SSSR count). The number of aromatic nitrogens is 2. The SMILES string of the molecule is N#CC(c1ccc(Cl)nn1)c1ccccc1Br. The van der Waals surface area contributed by atoms with Gasteiger partial charge in [-0.15, -0.1) is 5.10 Å². The fourth-order valence-electron chi connectivity index (χ4n) is 1.48. The van der Waals surface area contributed by atoms with Crippen LogP contribution in [0.5, 0.6) is 0 Å². The van der Waals surface area contributed by atoms with Gasteiger partial charge >= 0.3 is 0 Å². The Morgan fingerprint density at radius 3 is 2.53 bits per heavy atom. The maximum absolute atomic E-state index is 9.26. The van der Waals surface area contributed by atoms with Crippen LogP contribution < -0.4 is 0 Å². The third-order valence-corrected chi connectivity index (χ3v) is 3.22. The first kappa shape index (κ1) is 12.0. The lowest BCUT2D eigenvalue weighted by atomic mass is 9.97. The monoisotopic (exact) mass is 307 g/mol. The van der Waals surface area contributed by atoms with Crippen molar-refractivity contribution >= 4 is 27.5 Å². The molecule has 17 heavy (non-hydrogen) atoms. The highest BCUT2D eigenvalue weighted by Gasteiger charge is 2.17. The van der Waals surface area contributed by atoms with E-state index in [1.807, 2.05) is 24.3 Å². The predicted octanol–water partition coefficient (Wildman–Crippen LogP) is 3.55. The van der Waals surface area contributed by atoms with Crippen LogP contribution in [0.15, 0.2) is 40.9 Å². The summed E-state index contributed by atoms with van der Waals surface area (Å²) in [6.45, 7) is 0. The van der Waals surface area contributed by atoms with Crippen LogP contribution in [-0.2, 0) is 0 Å². The molecule has 1 aromatic carbocycles. The summed E-state index contributed by atoms with van der Waals surface area (Å²) in [6, 6.07) is 13.1. The molecule has 0 amide bonds. The van der Waals surface area contributed by atoms with Gasteiger partial charge in [0.2, 0.25) is 0 Å². The van der Waals surface area contributed by atoms with Gasteiger partial charge in [0.05, 0.1) is 11.8 Å². The highest BCUT2D eigenvalue weighted by molar-refractivity contribution is 9.10. The van der Waals surface area contributed by atoms with E-state index in [4.69, 9.17) is 11.6 Å². The molecule has 0 aliphatic carbocycles. The lowest BCUT2D eigenvalue weighted by Crippen LogP contribution is -2.03. The summed E-state index contributed by atoms with van der Waals surface area (Å²) >= 11 is 9.10.